The molecule has 2 rings (SSSR count). The summed E-state index contributed by atoms with van der Waals surface area (Å²) in [6.07, 6.45) is 2.86. The minimum absolute atomic E-state index is 0.616. The van der Waals surface area contributed by atoms with E-state index in [2.05, 4.69) is 48.5 Å². The molecule has 0 amide bonds. The second-order valence-electron chi connectivity index (χ2n) is 5.72. The van der Waals surface area contributed by atoms with Crippen molar-refractivity contribution in [2.45, 2.75) is 52.2 Å². The van der Waals surface area contributed by atoms with Gasteiger partial charge in [-0.05, 0) is 51.0 Å². The van der Waals surface area contributed by atoms with E-state index in [0.29, 0.717) is 12.1 Å². The molecule has 18 heavy (non-hydrogen) atoms. The van der Waals surface area contributed by atoms with Crippen molar-refractivity contribution in [1.82, 2.24) is 10.2 Å². The number of hydrogen-bond donors (Lipinski definition) is 1. The minimum Gasteiger partial charge on any atom is -0.313 e. The Balaban J connectivity index is 1.72. The van der Waals surface area contributed by atoms with Gasteiger partial charge in [-0.1, -0.05) is 6.07 Å². The molecule has 1 unspecified atom stereocenters. The standard InChI is InChI=1S/C15H26N2S/c1-12(2)17(11-15-5-4-10-18-15)9-8-16-13(3)14-6-7-14/h4-5,10,12-14,16H,6-9,11H2,1-3H3. The fraction of sp³-hybridized carbons (Fsp3) is 0.733. The van der Waals surface area contributed by atoms with Crippen LogP contribution in [0.3, 0.4) is 0 Å². The predicted molar refractivity (Wildman–Crippen MR) is 80.1 cm³/mol. The van der Waals surface area contributed by atoms with Crippen LogP contribution < -0.4 is 5.32 Å². The highest BCUT2D eigenvalue weighted by Gasteiger charge is 2.27. The van der Waals surface area contributed by atoms with Gasteiger partial charge in [0.05, 0.1) is 0 Å². The molecule has 0 spiro atoms. The number of rotatable bonds is 8. The topological polar surface area (TPSA) is 15.3 Å². The monoisotopic (exact) mass is 266 g/mol. The molecular formula is C15H26N2S. The summed E-state index contributed by atoms with van der Waals surface area (Å²) in [7, 11) is 0. The normalized spacial score (nSPS) is 17.6. The smallest absolute Gasteiger partial charge is 0.0331 e. The summed E-state index contributed by atoms with van der Waals surface area (Å²) < 4.78 is 0. The maximum Gasteiger partial charge on any atom is 0.0331 e. The van der Waals surface area contributed by atoms with E-state index in [9.17, 15) is 0 Å². The minimum atomic E-state index is 0.616. The Hall–Kier alpha value is -0.380. The summed E-state index contributed by atoms with van der Waals surface area (Å²) in [5, 5.41) is 5.84. The maximum atomic E-state index is 3.67. The van der Waals surface area contributed by atoms with Crippen molar-refractivity contribution in [3.05, 3.63) is 22.4 Å². The van der Waals surface area contributed by atoms with Crippen LogP contribution in [-0.2, 0) is 6.54 Å². The van der Waals surface area contributed by atoms with Crippen LogP contribution in [0.1, 0.15) is 38.5 Å². The van der Waals surface area contributed by atoms with Crippen LogP contribution in [-0.4, -0.2) is 30.1 Å². The average molecular weight is 266 g/mol. The summed E-state index contributed by atoms with van der Waals surface area (Å²) in [5.74, 6) is 0.954. The molecule has 1 aromatic rings. The number of nitrogens with zero attached hydrogens (tertiary/aromatic N) is 1. The van der Waals surface area contributed by atoms with E-state index >= 15 is 0 Å². The highest BCUT2D eigenvalue weighted by Crippen LogP contribution is 2.32. The zero-order chi connectivity index (χ0) is 13.0. The first-order valence-electron chi connectivity index (χ1n) is 7.16. The fourth-order valence-electron chi connectivity index (χ4n) is 2.32. The molecule has 1 heterocycles. The second-order valence-corrected chi connectivity index (χ2v) is 6.76. The van der Waals surface area contributed by atoms with Crippen molar-refractivity contribution in [3.63, 3.8) is 0 Å². The Morgan fingerprint density at radius 1 is 1.39 bits per heavy atom. The molecular weight excluding hydrogens is 240 g/mol. The van der Waals surface area contributed by atoms with Gasteiger partial charge in [0.2, 0.25) is 0 Å². The zero-order valence-corrected chi connectivity index (χ0v) is 12.7. The van der Waals surface area contributed by atoms with Crippen molar-refractivity contribution in [1.29, 1.82) is 0 Å². The van der Waals surface area contributed by atoms with Crippen LogP contribution in [0.5, 0.6) is 0 Å². The first kappa shape index (κ1) is 14.0. The SMILES string of the molecule is CC(NCCN(Cc1cccs1)C(C)C)C1CC1. The molecule has 0 radical (unpaired) electrons. The lowest BCUT2D eigenvalue weighted by Gasteiger charge is -2.26. The van der Waals surface area contributed by atoms with E-state index in [-0.39, 0.29) is 0 Å². The van der Waals surface area contributed by atoms with Crippen LogP contribution in [0.15, 0.2) is 17.5 Å². The highest BCUT2D eigenvalue weighted by atomic mass is 32.1. The Bertz CT molecular complexity index is 330. The Morgan fingerprint density at radius 3 is 2.72 bits per heavy atom. The van der Waals surface area contributed by atoms with Crippen molar-refractivity contribution in [2.75, 3.05) is 13.1 Å². The van der Waals surface area contributed by atoms with E-state index < -0.39 is 0 Å². The lowest BCUT2D eigenvalue weighted by Crippen LogP contribution is -2.39. The van der Waals surface area contributed by atoms with Crippen LogP contribution >= 0.6 is 11.3 Å². The van der Waals surface area contributed by atoms with E-state index in [4.69, 9.17) is 0 Å². The highest BCUT2D eigenvalue weighted by molar-refractivity contribution is 7.09. The van der Waals surface area contributed by atoms with Gasteiger partial charge >= 0.3 is 0 Å². The lowest BCUT2D eigenvalue weighted by atomic mass is 10.2. The molecule has 1 fully saturated rings. The van der Waals surface area contributed by atoms with Gasteiger partial charge in [0, 0.05) is 36.6 Å². The second kappa shape index (κ2) is 6.69. The van der Waals surface area contributed by atoms with E-state index in [1.807, 2.05) is 11.3 Å². The third-order valence-corrected chi connectivity index (χ3v) is 4.72. The third-order valence-electron chi connectivity index (χ3n) is 3.86. The number of thiophene rings is 1. The fourth-order valence-corrected chi connectivity index (χ4v) is 3.05. The largest absolute Gasteiger partial charge is 0.313 e. The molecule has 0 aliphatic heterocycles. The molecule has 1 aliphatic rings. The quantitative estimate of drug-likeness (QED) is 0.776. The van der Waals surface area contributed by atoms with Crippen molar-refractivity contribution in [3.8, 4) is 0 Å². The molecule has 3 heteroatoms. The Morgan fingerprint density at radius 2 is 2.17 bits per heavy atom. The van der Waals surface area contributed by atoms with E-state index in [1.165, 1.54) is 17.7 Å². The van der Waals surface area contributed by atoms with Crippen molar-refractivity contribution < 1.29 is 0 Å². The molecule has 0 bridgehead atoms. The van der Waals surface area contributed by atoms with Gasteiger partial charge in [0.15, 0.2) is 0 Å². The first-order chi connectivity index (χ1) is 8.66. The van der Waals surface area contributed by atoms with Gasteiger partial charge in [-0.3, -0.25) is 4.90 Å². The average Bonchev–Trinajstić information content (AvgIpc) is 3.06. The zero-order valence-electron chi connectivity index (χ0n) is 11.9. The maximum absolute atomic E-state index is 3.67. The number of nitrogens with one attached hydrogen (secondary N) is 1. The summed E-state index contributed by atoms with van der Waals surface area (Å²) in [6.45, 7) is 10.3. The van der Waals surface area contributed by atoms with Crippen LogP contribution in [0.25, 0.3) is 0 Å². The Labute approximate surface area is 115 Å². The van der Waals surface area contributed by atoms with Gasteiger partial charge in [-0.25, -0.2) is 0 Å². The summed E-state index contributed by atoms with van der Waals surface area (Å²) >= 11 is 1.86. The van der Waals surface area contributed by atoms with Crippen LogP contribution in [0.2, 0.25) is 0 Å². The van der Waals surface area contributed by atoms with E-state index in [1.54, 1.807) is 0 Å². The van der Waals surface area contributed by atoms with Crippen LogP contribution in [0.4, 0.5) is 0 Å². The molecule has 1 aromatic heterocycles. The van der Waals surface area contributed by atoms with Crippen molar-refractivity contribution in [2.24, 2.45) is 5.92 Å². The summed E-state index contributed by atoms with van der Waals surface area (Å²) in [4.78, 5) is 4.03. The molecule has 0 saturated heterocycles. The first-order valence-corrected chi connectivity index (χ1v) is 8.04. The summed E-state index contributed by atoms with van der Waals surface area (Å²) in [6, 6.07) is 5.71. The third kappa shape index (κ3) is 4.38. The molecule has 0 aromatic carbocycles. The molecule has 1 N–H and O–H groups in total. The Kier molecular flexibility index (Phi) is 5.22. The van der Waals surface area contributed by atoms with Gasteiger partial charge in [0.1, 0.15) is 0 Å². The molecule has 1 aliphatic carbocycles. The van der Waals surface area contributed by atoms with Crippen LogP contribution in [0, 0.1) is 5.92 Å². The summed E-state index contributed by atoms with van der Waals surface area (Å²) in [5.41, 5.74) is 0. The number of hydrogen-bond acceptors (Lipinski definition) is 3. The molecule has 1 saturated carbocycles. The van der Waals surface area contributed by atoms with Crippen molar-refractivity contribution >= 4 is 11.3 Å². The molecule has 102 valence electrons. The van der Waals surface area contributed by atoms with Gasteiger partial charge in [-0.2, -0.15) is 0 Å². The van der Waals surface area contributed by atoms with Gasteiger partial charge in [-0.15, -0.1) is 11.3 Å². The lowest BCUT2D eigenvalue weighted by molar-refractivity contribution is 0.212. The molecule has 2 nitrogen and oxygen atoms in total. The predicted octanol–water partition coefficient (Wildman–Crippen LogP) is 3.35. The van der Waals surface area contributed by atoms with E-state index in [0.717, 1.165) is 25.6 Å². The van der Waals surface area contributed by atoms with Gasteiger partial charge in [0.25, 0.3) is 0 Å². The molecule has 1 atom stereocenters. The van der Waals surface area contributed by atoms with Gasteiger partial charge < -0.3 is 5.32 Å².